The van der Waals surface area contributed by atoms with E-state index < -0.39 is 5.82 Å². The van der Waals surface area contributed by atoms with Gasteiger partial charge in [-0.2, -0.15) is 11.8 Å². The van der Waals surface area contributed by atoms with Crippen LogP contribution in [0.2, 0.25) is 0 Å². The lowest BCUT2D eigenvalue weighted by atomic mass is 10.2. The largest absolute Gasteiger partial charge is 0.396 e. The second-order valence-corrected chi connectivity index (χ2v) is 6.87. The summed E-state index contributed by atoms with van der Waals surface area (Å²) >= 11 is 1.98. The van der Waals surface area contributed by atoms with E-state index in [2.05, 4.69) is 24.1 Å². The molecule has 3 N–H and O–H groups in total. The van der Waals surface area contributed by atoms with E-state index in [4.69, 9.17) is 5.73 Å². The van der Waals surface area contributed by atoms with Crippen molar-refractivity contribution in [1.29, 1.82) is 0 Å². The fourth-order valence-corrected chi connectivity index (χ4v) is 3.56. The molecule has 1 aliphatic heterocycles. The molecule has 0 bridgehead atoms. The number of nitrogen functional groups attached to an aromatic ring is 1. The number of benzene rings is 1. The first kappa shape index (κ1) is 16.1. The monoisotopic (exact) mass is 311 g/mol. The molecule has 0 spiro atoms. The number of hydrogen-bond donors (Lipinski definition) is 2. The van der Waals surface area contributed by atoms with Crippen molar-refractivity contribution >= 4 is 29.0 Å². The molecule has 1 aromatic rings. The molecule has 0 saturated carbocycles. The van der Waals surface area contributed by atoms with Crippen LogP contribution < -0.4 is 11.1 Å². The lowest BCUT2D eigenvalue weighted by Gasteiger charge is -2.37. The van der Waals surface area contributed by atoms with Crippen molar-refractivity contribution in [2.75, 3.05) is 29.9 Å². The molecule has 6 heteroatoms. The number of nitrogens with one attached hydrogen (secondary N) is 1. The van der Waals surface area contributed by atoms with E-state index in [1.54, 1.807) is 0 Å². The Morgan fingerprint density at radius 1 is 1.52 bits per heavy atom. The van der Waals surface area contributed by atoms with Gasteiger partial charge in [-0.25, -0.2) is 4.39 Å². The normalized spacial score (nSPS) is 23.0. The highest BCUT2D eigenvalue weighted by atomic mass is 32.2. The van der Waals surface area contributed by atoms with Gasteiger partial charge in [0.15, 0.2) is 0 Å². The topological polar surface area (TPSA) is 58.4 Å². The van der Waals surface area contributed by atoms with Gasteiger partial charge in [0.2, 0.25) is 5.91 Å². The third-order valence-corrected chi connectivity index (χ3v) is 5.26. The van der Waals surface area contributed by atoms with E-state index in [1.165, 1.54) is 18.2 Å². The van der Waals surface area contributed by atoms with E-state index in [0.29, 0.717) is 23.4 Å². The summed E-state index contributed by atoms with van der Waals surface area (Å²) in [5, 5.41) is 3.35. The molecule has 0 aromatic heterocycles. The molecule has 2 atom stereocenters. The van der Waals surface area contributed by atoms with Crippen molar-refractivity contribution in [2.24, 2.45) is 0 Å². The number of halogens is 1. The maximum absolute atomic E-state index is 13.1. The third-order valence-electron chi connectivity index (χ3n) is 3.92. The van der Waals surface area contributed by atoms with Gasteiger partial charge in [0.25, 0.3) is 0 Å². The first-order valence-electron chi connectivity index (χ1n) is 7.18. The van der Waals surface area contributed by atoms with Crippen molar-refractivity contribution in [1.82, 2.24) is 4.90 Å². The van der Waals surface area contributed by atoms with Gasteiger partial charge < -0.3 is 11.1 Å². The number of rotatable bonds is 4. The number of nitrogens with zero attached hydrogens (tertiary/aromatic N) is 1. The van der Waals surface area contributed by atoms with E-state index in [0.717, 1.165) is 18.8 Å². The fraction of sp³-hybridized carbons (Fsp3) is 0.533. The molecule has 2 rings (SSSR count). The number of thioether (sulfide) groups is 1. The predicted molar refractivity (Wildman–Crippen MR) is 87.0 cm³/mol. The average Bonchev–Trinajstić information content (AvgIpc) is 2.44. The molecule has 2 unspecified atom stereocenters. The molecule has 0 radical (unpaired) electrons. The number of hydrogen-bond acceptors (Lipinski definition) is 4. The van der Waals surface area contributed by atoms with Crippen LogP contribution in [0, 0.1) is 5.82 Å². The minimum absolute atomic E-state index is 0.0447. The lowest BCUT2D eigenvalue weighted by molar-refractivity contribution is -0.116. The summed E-state index contributed by atoms with van der Waals surface area (Å²) in [6.45, 7) is 6.19. The summed E-state index contributed by atoms with van der Waals surface area (Å²) in [5.41, 5.74) is 6.07. The van der Waals surface area contributed by atoms with Crippen LogP contribution in [-0.2, 0) is 4.79 Å². The molecule has 1 saturated heterocycles. The Labute approximate surface area is 129 Å². The highest BCUT2D eigenvalue weighted by Gasteiger charge is 2.25. The van der Waals surface area contributed by atoms with Gasteiger partial charge in [-0.05, 0) is 25.1 Å². The SMILES string of the molecule is CC1SCCN(CCC(=O)Nc2ccc(F)c(N)c2)C1C. The van der Waals surface area contributed by atoms with Gasteiger partial charge in [0, 0.05) is 42.2 Å². The van der Waals surface area contributed by atoms with Crippen LogP contribution in [0.4, 0.5) is 15.8 Å². The molecule has 4 nitrogen and oxygen atoms in total. The lowest BCUT2D eigenvalue weighted by Crippen LogP contribution is -2.45. The first-order valence-corrected chi connectivity index (χ1v) is 8.23. The minimum Gasteiger partial charge on any atom is -0.396 e. The molecular weight excluding hydrogens is 289 g/mol. The highest BCUT2D eigenvalue weighted by molar-refractivity contribution is 8.00. The van der Waals surface area contributed by atoms with Crippen molar-refractivity contribution < 1.29 is 9.18 Å². The van der Waals surface area contributed by atoms with Crippen LogP contribution in [0.15, 0.2) is 18.2 Å². The molecule has 21 heavy (non-hydrogen) atoms. The quantitative estimate of drug-likeness (QED) is 0.839. The summed E-state index contributed by atoms with van der Waals surface area (Å²) < 4.78 is 13.1. The van der Waals surface area contributed by atoms with Crippen LogP contribution >= 0.6 is 11.8 Å². The number of carbonyl (C=O) groups is 1. The molecule has 1 amide bonds. The Hall–Kier alpha value is -1.27. The molecular formula is C15H22FN3OS. The summed E-state index contributed by atoms with van der Waals surface area (Å²) in [7, 11) is 0. The zero-order valence-corrected chi connectivity index (χ0v) is 13.3. The predicted octanol–water partition coefficient (Wildman–Crippen LogP) is 2.56. The van der Waals surface area contributed by atoms with E-state index in [9.17, 15) is 9.18 Å². The number of anilines is 2. The molecule has 1 aliphatic rings. The Kier molecular flexibility index (Phi) is 5.47. The van der Waals surface area contributed by atoms with Gasteiger partial charge in [0.05, 0.1) is 5.69 Å². The van der Waals surface area contributed by atoms with Crippen LogP contribution in [0.3, 0.4) is 0 Å². The van der Waals surface area contributed by atoms with Gasteiger partial charge in [-0.1, -0.05) is 6.92 Å². The highest BCUT2D eigenvalue weighted by Crippen LogP contribution is 2.24. The summed E-state index contributed by atoms with van der Waals surface area (Å²) in [4.78, 5) is 14.3. The second kappa shape index (κ2) is 7.13. The minimum atomic E-state index is -0.471. The molecule has 1 fully saturated rings. The van der Waals surface area contributed by atoms with Crippen molar-refractivity contribution in [3.05, 3.63) is 24.0 Å². The van der Waals surface area contributed by atoms with Crippen LogP contribution in [0.5, 0.6) is 0 Å². The van der Waals surface area contributed by atoms with Crippen molar-refractivity contribution in [3.63, 3.8) is 0 Å². The Balaban J connectivity index is 1.83. The summed E-state index contributed by atoms with van der Waals surface area (Å²) in [6.07, 6.45) is 0.430. The maximum atomic E-state index is 13.1. The van der Waals surface area contributed by atoms with E-state index >= 15 is 0 Å². The fourth-order valence-electron chi connectivity index (χ4n) is 2.40. The van der Waals surface area contributed by atoms with E-state index in [-0.39, 0.29) is 11.6 Å². The zero-order chi connectivity index (χ0) is 15.4. The summed E-state index contributed by atoms with van der Waals surface area (Å²) in [5.74, 6) is 0.572. The van der Waals surface area contributed by atoms with Gasteiger partial charge in [-0.3, -0.25) is 9.69 Å². The van der Waals surface area contributed by atoms with Crippen molar-refractivity contribution in [3.8, 4) is 0 Å². The maximum Gasteiger partial charge on any atom is 0.225 e. The molecule has 1 aromatic carbocycles. The molecule has 116 valence electrons. The Morgan fingerprint density at radius 2 is 2.29 bits per heavy atom. The number of nitrogens with two attached hydrogens (primary N) is 1. The Bertz CT molecular complexity index is 512. The van der Waals surface area contributed by atoms with Crippen LogP contribution in [-0.4, -0.2) is 40.9 Å². The first-order chi connectivity index (χ1) is 9.97. The standard InChI is InChI=1S/C15H22FN3OS/c1-10-11(2)21-8-7-19(10)6-5-15(20)18-12-3-4-13(16)14(17)9-12/h3-4,9-11H,5-8,17H2,1-2H3,(H,18,20). The molecule has 0 aliphatic carbocycles. The number of carbonyl (C=O) groups excluding carboxylic acids is 1. The van der Waals surface area contributed by atoms with Crippen LogP contribution in [0.1, 0.15) is 20.3 Å². The van der Waals surface area contributed by atoms with Gasteiger partial charge in [0.1, 0.15) is 5.82 Å². The average molecular weight is 311 g/mol. The van der Waals surface area contributed by atoms with E-state index in [1.807, 2.05) is 11.8 Å². The summed E-state index contributed by atoms with van der Waals surface area (Å²) in [6, 6.07) is 4.70. The van der Waals surface area contributed by atoms with Crippen LogP contribution in [0.25, 0.3) is 0 Å². The third kappa shape index (κ3) is 4.35. The molecule has 1 heterocycles. The number of amides is 1. The smallest absolute Gasteiger partial charge is 0.225 e. The zero-order valence-electron chi connectivity index (χ0n) is 12.4. The van der Waals surface area contributed by atoms with Gasteiger partial charge >= 0.3 is 0 Å². The Morgan fingerprint density at radius 3 is 3.00 bits per heavy atom. The van der Waals surface area contributed by atoms with Crippen molar-refractivity contribution in [2.45, 2.75) is 31.6 Å². The van der Waals surface area contributed by atoms with Gasteiger partial charge in [-0.15, -0.1) is 0 Å². The second-order valence-electron chi connectivity index (χ2n) is 5.39.